The van der Waals surface area contributed by atoms with E-state index in [0.717, 1.165) is 58.8 Å². The molecule has 0 aliphatic carbocycles. The summed E-state index contributed by atoms with van der Waals surface area (Å²) in [6.45, 7) is 8.46. The third-order valence-electron chi connectivity index (χ3n) is 2.90. The number of nitrogens with two attached hydrogens (primary N) is 1. The van der Waals surface area contributed by atoms with Gasteiger partial charge in [-0.1, -0.05) is 0 Å². The lowest BCUT2D eigenvalue weighted by atomic mass is 10.3. The second kappa shape index (κ2) is 12.3. The van der Waals surface area contributed by atoms with Gasteiger partial charge in [0.1, 0.15) is 0 Å². The molecule has 4 N–H and O–H groups in total. The van der Waals surface area contributed by atoms with Gasteiger partial charge >= 0.3 is 0 Å². The first-order valence-corrected chi connectivity index (χ1v) is 6.64. The first kappa shape index (κ1) is 16.8. The Labute approximate surface area is 107 Å². The molecule has 104 valence electrons. The molecule has 0 spiro atoms. The predicted octanol–water partition coefficient (Wildman–Crippen LogP) is -0.992. The molecule has 0 aliphatic heterocycles. The molecule has 0 atom stereocenters. The molecule has 17 heavy (non-hydrogen) atoms. The van der Waals surface area contributed by atoms with Gasteiger partial charge in [0.25, 0.3) is 0 Å². The molecule has 0 radical (unpaired) electrons. The van der Waals surface area contributed by atoms with Crippen molar-refractivity contribution >= 4 is 0 Å². The monoisotopic (exact) mass is 245 g/mol. The Morgan fingerprint density at radius 3 is 1.94 bits per heavy atom. The zero-order chi connectivity index (χ0) is 12.9. The van der Waals surface area contributed by atoms with Crippen LogP contribution in [0.1, 0.15) is 6.42 Å². The lowest BCUT2D eigenvalue weighted by molar-refractivity contribution is 0.226. The van der Waals surface area contributed by atoms with Gasteiger partial charge in [0.15, 0.2) is 0 Å². The Bertz CT molecular complexity index is 146. The van der Waals surface area contributed by atoms with E-state index in [4.69, 9.17) is 5.73 Å². The second-order valence-corrected chi connectivity index (χ2v) is 4.49. The summed E-state index contributed by atoms with van der Waals surface area (Å²) < 4.78 is 0. The molecule has 0 unspecified atom stereocenters. The van der Waals surface area contributed by atoms with Crippen molar-refractivity contribution in [3.8, 4) is 0 Å². The number of rotatable bonds is 12. The van der Waals surface area contributed by atoms with Crippen molar-refractivity contribution in [3.63, 3.8) is 0 Å². The van der Waals surface area contributed by atoms with Gasteiger partial charge in [-0.15, -0.1) is 0 Å². The molecule has 0 fully saturated rings. The molecule has 0 aliphatic rings. The largest absolute Gasteiger partial charge is 0.330 e. The first-order valence-electron chi connectivity index (χ1n) is 6.64. The van der Waals surface area contributed by atoms with Gasteiger partial charge in [0, 0.05) is 39.3 Å². The molecule has 0 heterocycles. The summed E-state index contributed by atoms with van der Waals surface area (Å²) in [5.74, 6) is 0. The van der Waals surface area contributed by atoms with Crippen molar-refractivity contribution in [3.05, 3.63) is 0 Å². The molecule has 0 rings (SSSR count). The van der Waals surface area contributed by atoms with Crippen LogP contribution in [0.2, 0.25) is 0 Å². The number of nitrogens with zero attached hydrogens (tertiary/aromatic N) is 2. The zero-order valence-corrected chi connectivity index (χ0v) is 11.8. The minimum absolute atomic E-state index is 0.785. The van der Waals surface area contributed by atoms with Crippen molar-refractivity contribution in [2.45, 2.75) is 6.42 Å². The van der Waals surface area contributed by atoms with Crippen molar-refractivity contribution in [1.29, 1.82) is 0 Å². The highest BCUT2D eigenvalue weighted by atomic mass is 15.2. The van der Waals surface area contributed by atoms with E-state index in [1.165, 1.54) is 0 Å². The van der Waals surface area contributed by atoms with E-state index in [1.54, 1.807) is 0 Å². The van der Waals surface area contributed by atoms with Crippen molar-refractivity contribution < 1.29 is 0 Å². The molecule has 0 aromatic carbocycles. The van der Waals surface area contributed by atoms with Crippen LogP contribution >= 0.6 is 0 Å². The number of nitrogens with one attached hydrogen (secondary N) is 2. The van der Waals surface area contributed by atoms with Crippen LogP contribution in [0.15, 0.2) is 0 Å². The Morgan fingerprint density at radius 1 is 0.882 bits per heavy atom. The summed E-state index contributed by atoms with van der Waals surface area (Å²) in [5.41, 5.74) is 5.51. The highest BCUT2D eigenvalue weighted by Gasteiger charge is 2.05. The Balaban J connectivity index is 3.71. The Kier molecular flexibility index (Phi) is 12.1. The van der Waals surface area contributed by atoms with E-state index in [9.17, 15) is 0 Å². The summed E-state index contributed by atoms with van der Waals surface area (Å²) in [6.07, 6.45) is 1.09. The molecule has 5 nitrogen and oxygen atoms in total. The van der Waals surface area contributed by atoms with E-state index in [-0.39, 0.29) is 0 Å². The maximum absolute atomic E-state index is 5.51. The van der Waals surface area contributed by atoms with Gasteiger partial charge in [-0.3, -0.25) is 4.90 Å². The zero-order valence-electron chi connectivity index (χ0n) is 11.8. The highest BCUT2D eigenvalue weighted by molar-refractivity contribution is 4.63. The summed E-state index contributed by atoms with van der Waals surface area (Å²) in [5, 5.41) is 6.41. The molecular formula is C12H31N5. The van der Waals surface area contributed by atoms with Crippen molar-refractivity contribution in [2.24, 2.45) is 5.73 Å². The van der Waals surface area contributed by atoms with E-state index < -0.39 is 0 Å². The fraction of sp³-hybridized carbons (Fsp3) is 1.00. The number of hydrogen-bond acceptors (Lipinski definition) is 5. The molecule has 0 amide bonds. The van der Waals surface area contributed by atoms with Crippen LogP contribution in [0, 0.1) is 0 Å². The van der Waals surface area contributed by atoms with Crippen LogP contribution in [-0.2, 0) is 0 Å². The fourth-order valence-corrected chi connectivity index (χ4v) is 1.66. The third kappa shape index (κ3) is 10.7. The van der Waals surface area contributed by atoms with Gasteiger partial charge in [-0.05, 0) is 40.7 Å². The maximum atomic E-state index is 5.51. The molecule has 0 aromatic rings. The van der Waals surface area contributed by atoms with Gasteiger partial charge in [0.05, 0.1) is 0 Å². The maximum Gasteiger partial charge on any atom is 0.0110 e. The van der Waals surface area contributed by atoms with E-state index >= 15 is 0 Å². The quantitative estimate of drug-likeness (QED) is 0.412. The molecular weight excluding hydrogens is 214 g/mol. The normalized spacial score (nSPS) is 11.6. The first-order chi connectivity index (χ1) is 8.24. The van der Waals surface area contributed by atoms with Gasteiger partial charge < -0.3 is 21.3 Å². The minimum atomic E-state index is 0.785. The van der Waals surface area contributed by atoms with Crippen LogP contribution in [0.3, 0.4) is 0 Å². The van der Waals surface area contributed by atoms with Gasteiger partial charge in [0.2, 0.25) is 0 Å². The van der Waals surface area contributed by atoms with E-state index in [1.807, 2.05) is 14.1 Å². The molecule has 0 saturated carbocycles. The van der Waals surface area contributed by atoms with Crippen LogP contribution in [0.25, 0.3) is 0 Å². The summed E-state index contributed by atoms with van der Waals surface area (Å²) in [4.78, 5) is 4.85. The van der Waals surface area contributed by atoms with Crippen LogP contribution < -0.4 is 16.4 Å². The third-order valence-corrected chi connectivity index (χ3v) is 2.90. The fourth-order valence-electron chi connectivity index (χ4n) is 1.66. The van der Waals surface area contributed by atoms with E-state index in [0.29, 0.717) is 0 Å². The minimum Gasteiger partial charge on any atom is -0.330 e. The smallest absolute Gasteiger partial charge is 0.0110 e. The van der Waals surface area contributed by atoms with Crippen LogP contribution in [-0.4, -0.2) is 83.3 Å². The van der Waals surface area contributed by atoms with Crippen LogP contribution in [0.5, 0.6) is 0 Å². The summed E-state index contributed by atoms with van der Waals surface area (Å²) in [6, 6.07) is 0. The molecule has 0 bridgehead atoms. The van der Waals surface area contributed by atoms with E-state index in [2.05, 4.69) is 27.5 Å². The summed E-state index contributed by atoms with van der Waals surface area (Å²) >= 11 is 0. The average Bonchev–Trinajstić information content (AvgIpc) is 2.35. The summed E-state index contributed by atoms with van der Waals surface area (Å²) in [7, 11) is 6.18. The molecule has 0 saturated heterocycles. The van der Waals surface area contributed by atoms with Gasteiger partial charge in [-0.2, -0.15) is 0 Å². The van der Waals surface area contributed by atoms with Crippen molar-refractivity contribution in [2.75, 3.05) is 73.5 Å². The Hall–Kier alpha value is -0.200. The molecule has 0 aromatic heterocycles. The molecule has 5 heteroatoms. The lowest BCUT2D eigenvalue weighted by Crippen LogP contribution is -2.40. The number of likely N-dealkylation sites (N-methyl/N-ethyl adjacent to an activating group) is 3. The Morgan fingerprint density at radius 2 is 1.47 bits per heavy atom. The second-order valence-electron chi connectivity index (χ2n) is 4.49. The number of hydrogen-bond donors (Lipinski definition) is 3. The average molecular weight is 245 g/mol. The van der Waals surface area contributed by atoms with Gasteiger partial charge in [-0.25, -0.2) is 0 Å². The SMILES string of the molecule is CNCCN(CCNC)CCN(C)CCCN. The highest BCUT2D eigenvalue weighted by Crippen LogP contribution is 1.91. The predicted molar refractivity (Wildman–Crippen MR) is 75.5 cm³/mol. The topological polar surface area (TPSA) is 56.6 Å². The lowest BCUT2D eigenvalue weighted by Gasteiger charge is -2.25. The standard InChI is InChI=1S/C12H31N5/c1-14-6-9-17(10-7-15-2)12-11-16(3)8-4-5-13/h14-15H,4-13H2,1-3H3. The van der Waals surface area contributed by atoms with Crippen molar-refractivity contribution in [1.82, 2.24) is 20.4 Å². The van der Waals surface area contributed by atoms with Crippen LogP contribution in [0.4, 0.5) is 0 Å².